The minimum Gasteiger partial charge on any atom is -0.393 e. The highest BCUT2D eigenvalue weighted by Crippen LogP contribution is 2.71. The predicted molar refractivity (Wildman–Crippen MR) is 168 cm³/mol. The molecule has 4 saturated carbocycles. The molecular formula is C36H42FN3O4S. The first-order valence-corrected chi connectivity index (χ1v) is 17.8. The molecule has 1 aliphatic heterocycles. The standard InChI is InChI=1S/C36H42FN3O4S/c1-34-18-22-20-39-40(25-11-9-24(37)10-12-25)28(22)16-23(34)8-13-26-27-17-30-36(33(42)45-15-14-38,35(27,2)19-29(41)31(26)34)44-32(43-30)21-6-4-3-5-7-21/h9-12,16,20-21,26-27,29-32,41H,3-8,13,15,17-19H2,1-2H3/t26-,27-,29-,30+,31+,32+,34-,35-,36-/m0/s1. The Labute approximate surface area is 268 Å². The van der Waals surface area contributed by atoms with Crippen LogP contribution in [-0.2, 0) is 20.7 Å². The molecule has 9 atom stereocenters. The topological polar surface area (TPSA) is 97.4 Å². The average Bonchev–Trinajstić information content (AvgIpc) is 3.69. The lowest BCUT2D eigenvalue weighted by Crippen LogP contribution is -2.63. The van der Waals surface area contributed by atoms with Crippen LogP contribution in [0.4, 0.5) is 4.39 Å². The highest BCUT2D eigenvalue weighted by molar-refractivity contribution is 8.14. The first-order valence-electron chi connectivity index (χ1n) is 16.8. The molecule has 1 aromatic carbocycles. The first-order chi connectivity index (χ1) is 21.7. The Bertz CT molecular complexity index is 1580. The first kappa shape index (κ1) is 29.9. The molecule has 0 bridgehead atoms. The molecule has 6 aliphatic rings. The van der Waals surface area contributed by atoms with Gasteiger partial charge in [0.1, 0.15) is 5.82 Å². The Kier molecular flexibility index (Phi) is 7.14. The van der Waals surface area contributed by atoms with Crippen molar-refractivity contribution in [3.05, 3.63) is 53.1 Å². The number of carbonyl (C=O) groups is 1. The third kappa shape index (κ3) is 4.24. The van der Waals surface area contributed by atoms with Crippen molar-refractivity contribution in [3.63, 3.8) is 0 Å². The van der Waals surface area contributed by atoms with Gasteiger partial charge in [0, 0.05) is 11.3 Å². The number of halogens is 1. The van der Waals surface area contributed by atoms with E-state index in [-0.39, 0.29) is 51.9 Å². The van der Waals surface area contributed by atoms with Crippen molar-refractivity contribution in [1.82, 2.24) is 9.78 Å². The number of allylic oxidation sites excluding steroid dienone is 1. The van der Waals surface area contributed by atoms with Gasteiger partial charge < -0.3 is 14.6 Å². The summed E-state index contributed by atoms with van der Waals surface area (Å²) in [6.07, 6.45) is 12.3. The fourth-order valence-electron chi connectivity index (χ4n) is 10.9. The third-order valence-corrected chi connectivity index (χ3v) is 13.7. The van der Waals surface area contributed by atoms with Crippen LogP contribution in [0, 0.1) is 51.6 Å². The fourth-order valence-corrected chi connectivity index (χ4v) is 11.7. The van der Waals surface area contributed by atoms with Gasteiger partial charge in [0.05, 0.1) is 41.6 Å². The lowest BCUT2D eigenvalue weighted by atomic mass is 9.45. The molecule has 1 aromatic heterocycles. The molecule has 0 unspecified atom stereocenters. The highest BCUT2D eigenvalue weighted by Gasteiger charge is 2.76. The number of aliphatic hydroxyl groups is 1. The molecule has 0 spiro atoms. The number of rotatable bonds is 4. The van der Waals surface area contributed by atoms with Crippen LogP contribution in [0.15, 0.2) is 36.0 Å². The van der Waals surface area contributed by atoms with Gasteiger partial charge in [0.2, 0.25) is 5.12 Å². The number of aliphatic hydroxyl groups excluding tert-OH is 1. The largest absolute Gasteiger partial charge is 0.393 e. The van der Waals surface area contributed by atoms with Gasteiger partial charge in [-0.3, -0.25) is 4.79 Å². The van der Waals surface area contributed by atoms with Crippen molar-refractivity contribution in [3.8, 4) is 11.8 Å². The van der Waals surface area contributed by atoms with E-state index in [2.05, 4.69) is 26.0 Å². The normalized spacial score (nSPS) is 40.4. The summed E-state index contributed by atoms with van der Waals surface area (Å²) in [5, 5.41) is 26.2. The van der Waals surface area contributed by atoms with E-state index in [0.717, 1.165) is 80.1 Å². The SMILES string of the molecule is C[C@]12Cc3cnn(-c4ccc(F)cc4)c3C=C1CC[C@@H]1[C@@H]2[C@@H](O)C[C@@]2(C)[C@H]1C[C@H]1O[C@@H](C3CCCCC3)O[C@]12C(=O)SCC#N. The van der Waals surface area contributed by atoms with Crippen LogP contribution >= 0.6 is 11.8 Å². The van der Waals surface area contributed by atoms with Crippen LogP contribution in [0.25, 0.3) is 11.8 Å². The molecule has 0 radical (unpaired) electrons. The monoisotopic (exact) mass is 631 g/mol. The number of aromatic nitrogens is 2. The zero-order chi connectivity index (χ0) is 31.1. The molecule has 2 heterocycles. The van der Waals surface area contributed by atoms with Crippen molar-refractivity contribution < 1.29 is 23.8 Å². The second kappa shape index (κ2) is 10.8. The van der Waals surface area contributed by atoms with E-state index in [1.54, 1.807) is 12.1 Å². The summed E-state index contributed by atoms with van der Waals surface area (Å²) in [5.41, 5.74) is 2.34. The predicted octanol–water partition coefficient (Wildman–Crippen LogP) is 6.62. The van der Waals surface area contributed by atoms with Crippen LogP contribution in [-0.4, -0.2) is 49.9 Å². The van der Waals surface area contributed by atoms with Crippen molar-refractivity contribution in [2.75, 3.05) is 5.75 Å². The molecule has 0 amide bonds. The number of carbonyl (C=O) groups excluding carboxylic acids is 1. The Morgan fingerprint density at radius 1 is 1.20 bits per heavy atom. The summed E-state index contributed by atoms with van der Waals surface area (Å²) in [4.78, 5) is 14.2. The Balaban J connectivity index is 1.13. The summed E-state index contributed by atoms with van der Waals surface area (Å²) < 4.78 is 29.2. The molecule has 238 valence electrons. The Hall–Kier alpha value is -2.51. The van der Waals surface area contributed by atoms with E-state index in [4.69, 9.17) is 14.6 Å². The summed E-state index contributed by atoms with van der Waals surface area (Å²) >= 11 is 1.06. The molecular weight excluding hydrogens is 589 g/mol. The average molecular weight is 632 g/mol. The summed E-state index contributed by atoms with van der Waals surface area (Å²) in [5.74, 6) is 0.505. The van der Waals surface area contributed by atoms with E-state index in [0.29, 0.717) is 6.42 Å². The highest BCUT2D eigenvalue weighted by atomic mass is 32.2. The number of hydrogen-bond acceptors (Lipinski definition) is 7. The van der Waals surface area contributed by atoms with Gasteiger partial charge >= 0.3 is 0 Å². The quantitative estimate of drug-likeness (QED) is 0.405. The minimum absolute atomic E-state index is 0.0322. The molecule has 45 heavy (non-hydrogen) atoms. The van der Waals surface area contributed by atoms with Gasteiger partial charge in [-0.25, -0.2) is 9.07 Å². The molecule has 9 heteroatoms. The van der Waals surface area contributed by atoms with Crippen molar-refractivity contribution in [2.24, 2.45) is 34.5 Å². The number of ether oxygens (including phenoxy) is 2. The Morgan fingerprint density at radius 3 is 2.73 bits per heavy atom. The van der Waals surface area contributed by atoms with E-state index in [1.165, 1.54) is 24.1 Å². The summed E-state index contributed by atoms with van der Waals surface area (Å²) in [6, 6.07) is 8.57. The van der Waals surface area contributed by atoms with Crippen LogP contribution in [0.1, 0.15) is 82.9 Å². The second-order valence-corrected chi connectivity index (χ2v) is 15.9. The lowest BCUT2D eigenvalue weighted by Gasteiger charge is -2.60. The van der Waals surface area contributed by atoms with Crippen LogP contribution < -0.4 is 0 Å². The molecule has 8 rings (SSSR count). The van der Waals surface area contributed by atoms with Gasteiger partial charge in [-0.05, 0) is 104 Å². The van der Waals surface area contributed by atoms with Crippen molar-refractivity contribution >= 4 is 23.0 Å². The summed E-state index contributed by atoms with van der Waals surface area (Å²) in [7, 11) is 0. The lowest BCUT2D eigenvalue weighted by molar-refractivity contribution is -0.206. The Morgan fingerprint density at radius 2 is 1.98 bits per heavy atom. The number of thioether (sulfide) groups is 1. The maximum absolute atomic E-state index is 14.2. The number of hydrogen-bond donors (Lipinski definition) is 1. The maximum atomic E-state index is 14.2. The van der Waals surface area contributed by atoms with E-state index in [9.17, 15) is 19.6 Å². The number of nitrogens with zero attached hydrogens (tertiary/aromatic N) is 3. The third-order valence-electron chi connectivity index (χ3n) is 12.9. The smallest absolute Gasteiger partial charge is 0.225 e. The van der Waals surface area contributed by atoms with Gasteiger partial charge in [0.25, 0.3) is 0 Å². The van der Waals surface area contributed by atoms with E-state index >= 15 is 0 Å². The molecule has 5 fully saturated rings. The van der Waals surface area contributed by atoms with Gasteiger partial charge in [-0.1, -0.05) is 50.4 Å². The number of benzene rings is 1. The second-order valence-electron chi connectivity index (χ2n) is 14.9. The molecule has 2 aromatic rings. The summed E-state index contributed by atoms with van der Waals surface area (Å²) in [6.45, 7) is 4.49. The van der Waals surface area contributed by atoms with E-state index in [1.807, 2.05) is 10.9 Å². The van der Waals surface area contributed by atoms with Crippen molar-refractivity contribution in [1.29, 1.82) is 5.26 Å². The van der Waals surface area contributed by atoms with Crippen LogP contribution in [0.2, 0.25) is 0 Å². The minimum atomic E-state index is -1.15. The number of fused-ring (bicyclic) bond motifs is 8. The molecule has 5 aliphatic carbocycles. The van der Waals surface area contributed by atoms with Crippen LogP contribution in [0.5, 0.6) is 0 Å². The maximum Gasteiger partial charge on any atom is 0.225 e. The zero-order valence-electron chi connectivity index (χ0n) is 26.1. The number of nitriles is 1. The van der Waals surface area contributed by atoms with Gasteiger partial charge in [-0.15, -0.1) is 0 Å². The van der Waals surface area contributed by atoms with Gasteiger partial charge in [-0.2, -0.15) is 10.4 Å². The van der Waals surface area contributed by atoms with E-state index < -0.39 is 23.4 Å². The van der Waals surface area contributed by atoms with Crippen LogP contribution in [0.3, 0.4) is 0 Å². The van der Waals surface area contributed by atoms with Gasteiger partial charge in [0.15, 0.2) is 11.9 Å². The molecule has 7 nitrogen and oxygen atoms in total. The fraction of sp³-hybridized carbons (Fsp3) is 0.639. The molecule has 1 N–H and O–H groups in total. The molecule has 1 saturated heterocycles. The zero-order valence-corrected chi connectivity index (χ0v) is 26.9. The van der Waals surface area contributed by atoms with Crippen molar-refractivity contribution in [2.45, 2.75) is 102 Å².